The summed E-state index contributed by atoms with van der Waals surface area (Å²) >= 11 is 0. The SMILES string of the molecule is CC(C)CCC(N)C1(C)CCCO1. The number of nitrogens with two attached hydrogens (primary N) is 1. The molecular formula is C11H23NO. The van der Waals surface area contributed by atoms with Crippen LogP contribution in [0, 0.1) is 5.92 Å². The van der Waals surface area contributed by atoms with E-state index >= 15 is 0 Å². The summed E-state index contributed by atoms with van der Waals surface area (Å²) in [4.78, 5) is 0. The van der Waals surface area contributed by atoms with Gasteiger partial charge in [0.15, 0.2) is 0 Å². The molecule has 2 heteroatoms. The molecule has 0 aromatic rings. The molecule has 0 aromatic heterocycles. The molecule has 78 valence electrons. The highest BCUT2D eigenvalue weighted by molar-refractivity contribution is 4.90. The monoisotopic (exact) mass is 185 g/mol. The first kappa shape index (κ1) is 11.0. The molecule has 1 aliphatic rings. The predicted molar refractivity (Wildman–Crippen MR) is 55.6 cm³/mol. The zero-order chi connectivity index (χ0) is 9.90. The minimum absolute atomic E-state index is 0.0328. The van der Waals surface area contributed by atoms with Crippen molar-refractivity contribution in [1.82, 2.24) is 0 Å². The Morgan fingerprint density at radius 3 is 2.54 bits per heavy atom. The van der Waals surface area contributed by atoms with Crippen molar-refractivity contribution in [3.8, 4) is 0 Å². The molecule has 0 radical (unpaired) electrons. The maximum absolute atomic E-state index is 6.14. The van der Waals surface area contributed by atoms with Crippen molar-refractivity contribution in [2.45, 2.75) is 58.1 Å². The molecule has 0 amide bonds. The normalized spacial score (nSPS) is 31.2. The van der Waals surface area contributed by atoms with Crippen molar-refractivity contribution in [2.24, 2.45) is 11.7 Å². The van der Waals surface area contributed by atoms with E-state index in [2.05, 4.69) is 20.8 Å². The van der Waals surface area contributed by atoms with Crippen LogP contribution in [0.3, 0.4) is 0 Å². The fraction of sp³-hybridized carbons (Fsp3) is 1.00. The largest absolute Gasteiger partial charge is 0.374 e. The zero-order valence-electron chi connectivity index (χ0n) is 9.18. The van der Waals surface area contributed by atoms with E-state index < -0.39 is 0 Å². The van der Waals surface area contributed by atoms with Gasteiger partial charge in [0.25, 0.3) is 0 Å². The van der Waals surface area contributed by atoms with Crippen molar-refractivity contribution in [3.63, 3.8) is 0 Å². The minimum atomic E-state index is -0.0328. The molecule has 1 rings (SSSR count). The lowest BCUT2D eigenvalue weighted by Crippen LogP contribution is -2.45. The quantitative estimate of drug-likeness (QED) is 0.729. The van der Waals surface area contributed by atoms with Crippen LogP contribution in [0.4, 0.5) is 0 Å². The van der Waals surface area contributed by atoms with Gasteiger partial charge in [-0.3, -0.25) is 0 Å². The van der Waals surface area contributed by atoms with Gasteiger partial charge in [-0.15, -0.1) is 0 Å². The molecule has 1 fully saturated rings. The molecule has 0 aromatic carbocycles. The molecule has 2 unspecified atom stereocenters. The van der Waals surface area contributed by atoms with Crippen LogP contribution in [0.2, 0.25) is 0 Å². The van der Waals surface area contributed by atoms with Crippen molar-refractivity contribution in [2.75, 3.05) is 6.61 Å². The van der Waals surface area contributed by atoms with E-state index in [0.29, 0.717) is 0 Å². The van der Waals surface area contributed by atoms with Crippen molar-refractivity contribution in [3.05, 3.63) is 0 Å². The Balaban J connectivity index is 2.33. The molecule has 2 N–H and O–H groups in total. The van der Waals surface area contributed by atoms with Gasteiger partial charge < -0.3 is 10.5 Å². The third-order valence-corrected chi connectivity index (χ3v) is 3.09. The van der Waals surface area contributed by atoms with Gasteiger partial charge >= 0.3 is 0 Å². The van der Waals surface area contributed by atoms with Crippen LogP contribution in [0.25, 0.3) is 0 Å². The first-order chi connectivity index (χ1) is 6.04. The van der Waals surface area contributed by atoms with Crippen LogP contribution in [0.1, 0.15) is 46.5 Å². The Morgan fingerprint density at radius 2 is 2.08 bits per heavy atom. The highest BCUT2D eigenvalue weighted by atomic mass is 16.5. The second-order valence-corrected chi connectivity index (χ2v) is 4.84. The second-order valence-electron chi connectivity index (χ2n) is 4.84. The Bertz CT molecular complexity index is 150. The minimum Gasteiger partial charge on any atom is -0.374 e. The molecule has 13 heavy (non-hydrogen) atoms. The van der Waals surface area contributed by atoms with Gasteiger partial charge in [-0.1, -0.05) is 13.8 Å². The Labute approximate surface area is 81.8 Å². The first-order valence-corrected chi connectivity index (χ1v) is 5.44. The predicted octanol–water partition coefficient (Wildman–Crippen LogP) is 2.32. The lowest BCUT2D eigenvalue weighted by atomic mass is 9.89. The Kier molecular flexibility index (Phi) is 3.74. The van der Waals surface area contributed by atoms with Gasteiger partial charge in [0.2, 0.25) is 0 Å². The van der Waals surface area contributed by atoms with E-state index in [-0.39, 0.29) is 11.6 Å². The van der Waals surface area contributed by atoms with Crippen LogP contribution in [0.15, 0.2) is 0 Å². The lowest BCUT2D eigenvalue weighted by molar-refractivity contribution is -0.00419. The van der Waals surface area contributed by atoms with Crippen LogP contribution >= 0.6 is 0 Å². The maximum Gasteiger partial charge on any atom is 0.0805 e. The summed E-state index contributed by atoms with van der Waals surface area (Å²) in [5.41, 5.74) is 6.10. The Morgan fingerprint density at radius 1 is 1.38 bits per heavy atom. The second kappa shape index (κ2) is 4.43. The molecule has 1 heterocycles. The van der Waals surface area contributed by atoms with E-state index in [1.54, 1.807) is 0 Å². The number of ether oxygens (including phenoxy) is 1. The molecule has 1 saturated heterocycles. The molecule has 2 atom stereocenters. The molecule has 2 nitrogen and oxygen atoms in total. The fourth-order valence-corrected chi connectivity index (χ4v) is 1.91. The first-order valence-electron chi connectivity index (χ1n) is 5.44. The number of rotatable bonds is 4. The standard InChI is InChI=1S/C11H23NO/c1-9(2)5-6-10(12)11(3)7-4-8-13-11/h9-10H,4-8,12H2,1-3H3. The zero-order valence-corrected chi connectivity index (χ0v) is 9.18. The summed E-state index contributed by atoms with van der Waals surface area (Å²) in [5.74, 6) is 0.746. The number of hydrogen-bond donors (Lipinski definition) is 1. The molecule has 0 bridgehead atoms. The molecule has 0 spiro atoms. The van der Waals surface area contributed by atoms with Crippen molar-refractivity contribution < 1.29 is 4.74 Å². The van der Waals surface area contributed by atoms with Gasteiger partial charge in [0.1, 0.15) is 0 Å². The molecular weight excluding hydrogens is 162 g/mol. The van der Waals surface area contributed by atoms with E-state index in [9.17, 15) is 0 Å². The average Bonchev–Trinajstić information content (AvgIpc) is 2.49. The van der Waals surface area contributed by atoms with E-state index in [1.165, 1.54) is 12.8 Å². The lowest BCUT2D eigenvalue weighted by Gasteiger charge is -2.30. The van der Waals surface area contributed by atoms with E-state index in [1.807, 2.05) is 0 Å². The Hall–Kier alpha value is -0.0800. The van der Waals surface area contributed by atoms with Gasteiger partial charge in [0, 0.05) is 12.6 Å². The number of hydrogen-bond acceptors (Lipinski definition) is 2. The van der Waals surface area contributed by atoms with Crippen molar-refractivity contribution in [1.29, 1.82) is 0 Å². The third-order valence-electron chi connectivity index (χ3n) is 3.09. The van der Waals surface area contributed by atoms with Gasteiger partial charge in [-0.2, -0.15) is 0 Å². The van der Waals surface area contributed by atoms with Crippen LogP contribution in [-0.2, 0) is 4.74 Å². The summed E-state index contributed by atoms with van der Waals surface area (Å²) in [6, 6.07) is 0.220. The van der Waals surface area contributed by atoms with Gasteiger partial charge in [0.05, 0.1) is 5.60 Å². The van der Waals surface area contributed by atoms with Gasteiger partial charge in [-0.05, 0) is 38.5 Å². The summed E-state index contributed by atoms with van der Waals surface area (Å²) in [5, 5.41) is 0. The highest BCUT2D eigenvalue weighted by Crippen LogP contribution is 2.29. The van der Waals surface area contributed by atoms with E-state index in [4.69, 9.17) is 10.5 Å². The summed E-state index contributed by atoms with van der Waals surface area (Å²) in [7, 11) is 0. The third kappa shape index (κ3) is 2.96. The molecule has 0 aliphatic carbocycles. The van der Waals surface area contributed by atoms with Crippen LogP contribution < -0.4 is 5.73 Å². The van der Waals surface area contributed by atoms with Crippen LogP contribution in [0.5, 0.6) is 0 Å². The summed E-state index contributed by atoms with van der Waals surface area (Å²) in [6.45, 7) is 7.53. The smallest absolute Gasteiger partial charge is 0.0805 e. The molecule has 1 aliphatic heterocycles. The molecule has 0 saturated carbocycles. The van der Waals surface area contributed by atoms with Gasteiger partial charge in [-0.25, -0.2) is 0 Å². The van der Waals surface area contributed by atoms with Crippen LogP contribution in [-0.4, -0.2) is 18.2 Å². The van der Waals surface area contributed by atoms with Crippen molar-refractivity contribution >= 4 is 0 Å². The average molecular weight is 185 g/mol. The van der Waals surface area contributed by atoms with E-state index in [0.717, 1.165) is 25.4 Å². The fourth-order valence-electron chi connectivity index (χ4n) is 1.91. The summed E-state index contributed by atoms with van der Waals surface area (Å²) in [6.07, 6.45) is 4.60. The summed E-state index contributed by atoms with van der Waals surface area (Å²) < 4.78 is 5.71. The topological polar surface area (TPSA) is 35.2 Å². The highest BCUT2D eigenvalue weighted by Gasteiger charge is 2.35. The maximum atomic E-state index is 6.14.